The van der Waals surface area contributed by atoms with E-state index in [1.165, 1.54) is 12.8 Å². The fourth-order valence-electron chi connectivity index (χ4n) is 1.59. The highest BCUT2D eigenvalue weighted by atomic mass is 15.5. The summed E-state index contributed by atoms with van der Waals surface area (Å²) in [4.78, 5) is 0. The van der Waals surface area contributed by atoms with Gasteiger partial charge in [-0.05, 0) is 25.2 Å². The highest BCUT2D eigenvalue weighted by molar-refractivity contribution is 5.08. The number of hydrogen-bond donors (Lipinski definition) is 2. The first-order chi connectivity index (χ1) is 5.77. The molecule has 1 unspecified atom stereocenters. The van der Waals surface area contributed by atoms with Gasteiger partial charge in [-0.3, -0.25) is 0 Å². The van der Waals surface area contributed by atoms with Crippen molar-refractivity contribution < 1.29 is 0 Å². The summed E-state index contributed by atoms with van der Waals surface area (Å²) in [5, 5.41) is 13.9. The number of hydrogen-bond acceptors (Lipinski definition) is 4. The number of rotatable bonds is 3. The van der Waals surface area contributed by atoms with Crippen LogP contribution >= 0.6 is 0 Å². The molecule has 0 saturated heterocycles. The maximum absolute atomic E-state index is 6.18. The zero-order valence-corrected chi connectivity index (χ0v) is 7.12. The Morgan fingerprint density at radius 2 is 2.42 bits per heavy atom. The molecule has 0 bridgehead atoms. The van der Waals surface area contributed by atoms with Crippen LogP contribution in [0.15, 0.2) is 0 Å². The Labute approximate surface area is 70.7 Å². The minimum atomic E-state index is -0.340. The van der Waals surface area contributed by atoms with Crippen LogP contribution in [0.25, 0.3) is 0 Å². The lowest BCUT2D eigenvalue weighted by atomic mass is 9.91. The van der Waals surface area contributed by atoms with Crippen molar-refractivity contribution >= 4 is 0 Å². The van der Waals surface area contributed by atoms with Gasteiger partial charge in [0.1, 0.15) is 0 Å². The van der Waals surface area contributed by atoms with E-state index in [0.29, 0.717) is 11.7 Å². The maximum atomic E-state index is 6.18. The molecule has 1 aliphatic rings. The van der Waals surface area contributed by atoms with Crippen LogP contribution in [0.4, 0.5) is 0 Å². The smallest absolute Gasteiger partial charge is 0.194 e. The third-order valence-electron chi connectivity index (χ3n) is 2.65. The van der Waals surface area contributed by atoms with E-state index >= 15 is 0 Å². The Kier molecular flexibility index (Phi) is 1.61. The minimum Gasteiger partial charge on any atom is -0.318 e. The summed E-state index contributed by atoms with van der Waals surface area (Å²) < 4.78 is 0. The van der Waals surface area contributed by atoms with E-state index < -0.39 is 0 Å². The van der Waals surface area contributed by atoms with E-state index in [2.05, 4.69) is 27.5 Å². The molecule has 1 fully saturated rings. The number of nitrogens with two attached hydrogens (primary N) is 1. The Morgan fingerprint density at radius 1 is 1.67 bits per heavy atom. The van der Waals surface area contributed by atoms with Crippen LogP contribution in [0.5, 0.6) is 0 Å². The normalized spacial score (nSPS) is 22.2. The van der Waals surface area contributed by atoms with Crippen molar-refractivity contribution in [3.8, 4) is 0 Å². The molecule has 1 heterocycles. The number of nitrogens with zero attached hydrogens (tertiary/aromatic N) is 3. The minimum absolute atomic E-state index is 0.340. The molecule has 5 heteroatoms. The van der Waals surface area contributed by atoms with Crippen LogP contribution in [-0.2, 0) is 5.54 Å². The molecule has 2 rings (SSSR count). The van der Waals surface area contributed by atoms with E-state index in [9.17, 15) is 0 Å². The van der Waals surface area contributed by atoms with E-state index in [-0.39, 0.29) is 5.54 Å². The predicted octanol–water partition coefficient (Wildman–Crippen LogP) is 0.174. The van der Waals surface area contributed by atoms with E-state index in [0.717, 1.165) is 6.42 Å². The third-order valence-corrected chi connectivity index (χ3v) is 2.65. The van der Waals surface area contributed by atoms with Crippen molar-refractivity contribution in [2.24, 2.45) is 11.7 Å². The van der Waals surface area contributed by atoms with Gasteiger partial charge in [0, 0.05) is 0 Å². The van der Waals surface area contributed by atoms with Gasteiger partial charge in [0.25, 0.3) is 0 Å². The zero-order valence-electron chi connectivity index (χ0n) is 7.12. The molecule has 1 aromatic heterocycles. The Bertz CT molecular complexity index is 253. The molecule has 0 spiro atoms. The number of nitrogens with one attached hydrogen (secondary N) is 1. The van der Waals surface area contributed by atoms with Gasteiger partial charge in [-0.25, -0.2) is 0 Å². The van der Waals surface area contributed by atoms with Gasteiger partial charge in [-0.15, -0.1) is 10.2 Å². The summed E-state index contributed by atoms with van der Waals surface area (Å²) in [7, 11) is 0. The van der Waals surface area contributed by atoms with Crippen molar-refractivity contribution in [2.75, 3.05) is 0 Å². The fraction of sp³-hybridized carbons (Fsp3) is 0.857. The number of aromatic nitrogens is 4. The van der Waals surface area contributed by atoms with Crippen molar-refractivity contribution in [1.29, 1.82) is 0 Å². The van der Waals surface area contributed by atoms with Gasteiger partial charge in [0.15, 0.2) is 5.82 Å². The van der Waals surface area contributed by atoms with Gasteiger partial charge >= 0.3 is 0 Å². The van der Waals surface area contributed by atoms with Crippen LogP contribution in [0.2, 0.25) is 0 Å². The lowest BCUT2D eigenvalue weighted by Gasteiger charge is -2.23. The van der Waals surface area contributed by atoms with Crippen molar-refractivity contribution in [3.05, 3.63) is 5.82 Å². The SMILES string of the molecule is CCC(N)(c1nn[nH]n1)C1CC1. The molecular formula is C7H13N5. The molecule has 3 N–H and O–H groups in total. The summed E-state index contributed by atoms with van der Waals surface area (Å²) in [6.45, 7) is 2.06. The van der Waals surface area contributed by atoms with Gasteiger partial charge in [-0.1, -0.05) is 12.1 Å². The Morgan fingerprint density at radius 3 is 2.83 bits per heavy atom. The second kappa shape index (κ2) is 2.52. The number of aromatic amines is 1. The first kappa shape index (κ1) is 7.67. The molecule has 0 aromatic carbocycles. The molecule has 66 valence electrons. The molecule has 5 nitrogen and oxygen atoms in total. The highest BCUT2D eigenvalue weighted by Gasteiger charge is 2.45. The Hall–Kier alpha value is -0.970. The van der Waals surface area contributed by atoms with Gasteiger partial charge < -0.3 is 5.73 Å². The fourth-order valence-corrected chi connectivity index (χ4v) is 1.59. The monoisotopic (exact) mass is 167 g/mol. The van der Waals surface area contributed by atoms with Gasteiger partial charge in [-0.2, -0.15) is 5.21 Å². The molecule has 1 saturated carbocycles. The third kappa shape index (κ3) is 1.01. The van der Waals surface area contributed by atoms with E-state index in [4.69, 9.17) is 5.73 Å². The summed E-state index contributed by atoms with van der Waals surface area (Å²) in [5.41, 5.74) is 5.84. The average Bonchev–Trinajstić information content (AvgIpc) is 2.80. The molecule has 1 aliphatic carbocycles. The summed E-state index contributed by atoms with van der Waals surface area (Å²) in [6, 6.07) is 0. The molecular weight excluding hydrogens is 154 g/mol. The average molecular weight is 167 g/mol. The van der Waals surface area contributed by atoms with Crippen LogP contribution in [-0.4, -0.2) is 20.6 Å². The first-order valence-corrected chi connectivity index (χ1v) is 4.30. The van der Waals surface area contributed by atoms with Crippen LogP contribution in [0.3, 0.4) is 0 Å². The summed E-state index contributed by atoms with van der Waals surface area (Å²) in [5.74, 6) is 1.22. The van der Waals surface area contributed by atoms with Gasteiger partial charge in [0.05, 0.1) is 5.54 Å². The molecule has 0 aliphatic heterocycles. The number of H-pyrrole nitrogens is 1. The quantitative estimate of drug-likeness (QED) is 0.672. The predicted molar refractivity (Wildman–Crippen MR) is 43.1 cm³/mol. The van der Waals surface area contributed by atoms with Crippen molar-refractivity contribution in [1.82, 2.24) is 20.6 Å². The second-order valence-electron chi connectivity index (χ2n) is 3.40. The molecule has 1 atom stereocenters. The molecule has 0 radical (unpaired) electrons. The highest BCUT2D eigenvalue weighted by Crippen LogP contribution is 2.44. The first-order valence-electron chi connectivity index (χ1n) is 4.30. The lowest BCUT2D eigenvalue weighted by Crippen LogP contribution is -2.39. The number of tetrazole rings is 1. The maximum Gasteiger partial charge on any atom is 0.194 e. The topological polar surface area (TPSA) is 80.5 Å². The van der Waals surface area contributed by atoms with Crippen LogP contribution in [0.1, 0.15) is 32.0 Å². The largest absolute Gasteiger partial charge is 0.318 e. The van der Waals surface area contributed by atoms with Gasteiger partial charge in [0.2, 0.25) is 0 Å². The van der Waals surface area contributed by atoms with E-state index in [1.807, 2.05) is 0 Å². The van der Waals surface area contributed by atoms with Crippen molar-refractivity contribution in [3.63, 3.8) is 0 Å². The summed E-state index contributed by atoms with van der Waals surface area (Å²) >= 11 is 0. The van der Waals surface area contributed by atoms with Crippen LogP contribution in [0, 0.1) is 5.92 Å². The van der Waals surface area contributed by atoms with Crippen LogP contribution < -0.4 is 5.73 Å². The summed E-state index contributed by atoms with van der Waals surface area (Å²) in [6.07, 6.45) is 3.26. The molecule has 12 heavy (non-hydrogen) atoms. The standard InChI is InChI=1S/C7H13N5/c1-2-7(8,5-3-4-5)6-9-11-12-10-6/h5H,2-4,8H2,1H3,(H,9,10,11,12). The molecule has 1 aromatic rings. The molecule has 0 amide bonds. The zero-order chi connectivity index (χ0) is 8.60. The second-order valence-corrected chi connectivity index (χ2v) is 3.40. The van der Waals surface area contributed by atoms with E-state index in [1.54, 1.807) is 0 Å². The lowest BCUT2D eigenvalue weighted by molar-refractivity contribution is 0.348. The Balaban J connectivity index is 2.27. The van der Waals surface area contributed by atoms with Crippen molar-refractivity contribution in [2.45, 2.75) is 31.7 Å².